The number of hydrogen-bond acceptors (Lipinski definition) is 4. The normalized spacial score (nSPS) is 20.7. The summed E-state index contributed by atoms with van der Waals surface area (Å²) >= 11 is 0. The number of likely N-dealkylation sites (tertiary alicyclic amines) is 1. The number of nitrogens with zero attached hydrogens (tertiary/aromatic N) is 2. The number of piperidine rings is 1. The van der Waals surface area contributed by atoms with E-state index in [0.29, 0.717) is 6.04 Å². The molecule has 4 nitrogen and oxygen atoms in total. The van der Waals surface area contributed by atoms with Crippen molar-refractivity contribution in [2.45, 2.75) is 38.3 Å². The maximum atomic E-state index is 11.2. The van der Waals surface area contributed by atoms with E-state index in [4.69, 9.17) is 0 Å². The second-order valence-electron chi connectivity index (χ2n) is 5.03. The standard InChI is InChI=1S/C13H27N3O/c1-4-7-16(13(11-17)10-14-2)12-5-8-15(3)9-6-12/h11-14H,4-10H2,1-3H3. The summed E-state index contributed by atoms with van der Waals surface area (Å²) in [5, 5.41) is 3.12. The van der Waals surface area contributed by atoms with Crippen LogP contribution in [-0.4, -0.2) is 68.4 Å². The number of hydrogen-bond donors (Lipinski definition) is 1. The minimum absolute atomic E-state index is 0.0355. The van der Waals surface area contributed by atoms with Crippen LogP contribution in [0.25, 0.3) is 0 Å². The summed E-state index contributed by atoms with van der Waals surface area (Å²) in [6, 6.07) is 0.614. The predicted octanol–water partition coefficient (Wildman–Crippen LogP) is 0.580. The Morgan fingerprint density at radius 3 is 2.59 bits per heavy atom. The molecule has 0 radical (unpaired) electrons. The van der Waals surface area contributed by atoms with E-state index in [1.54, 1.807) is 0 Å². The lowest BCUT2D eigenvalue weighted by atomic mass is 10.0. The van der Waals surface area contributed by atoms with Gasteiger partial charge < -0.3 is 15.0 Å². The van der Waals surface area contributed by atoms with Crippen LogP contribution in [-0.2, 0) is 4.79 Å². The van der Waals surface area contributed by atoms with E-state index in [1.807, 2.05) is 7.05 Å². The van der Waals surface area contributed by atoms with Gasteiger partial charge >= 0.3 is 0 Å². The number of rotatable bonds is 7. The van der Waals surface area contributed by atoms with E-state index >= 15 is 0 Å². The van der Waals surface area contributed by atoms with Crippen LogP contribution in [0.3, 0.4) is 0 Å². The van der Waals surface area contributed by atoms with Gasteiger partial charge in [0.05, 0.1) is 6.04 Å². The Morgan fingerprint density at radius 2 is 2.12 bits per heavy atom. The van der Waals surface area contributed by atoms with Crippen LogP contribution in [0.15, 0.2) is 0 Å². The molecule has 1 atom stereocenters. The first-order valence-corrected chi connectivity index (χ1v) is 6.77. The van der Waals surface area contributed by atoms with E-state index in [9.17, 15) is 4.79 Å². The summed E-state index contributed by atoms with van der Waals surface area (Å²) in [6.07, 6.45) is 4.58. The Balaban J connectivity index is 2.59. The molecule has 0 bridgehead atoms. The molecule has 4 heteroatoms. The summed E-state index contributed by atoms with van der Waals surface area (Å²) in [4.78, 5) is 16.0. The molecule has 0 aliphatic carbocycles. The first-order valence-electron chi connectivity index (χ1n) is 6.77. The lowest BCUT2D eigenvalue weighted by Gasteiger charge is -2.40. The molecule has 0 amide bonds. The van der Waals surface area contributed by atoms with Crippen LogP contribution >= 0.6 is 0 Å². The van der Waals surface area contributed by atoms with E-state index in [-0.39, 0.29) is 6.04 Å². The fourth-order valence-corrected chi connectivity index (χ4v) is 2.66. The van der Waals surface area contributed by atoms with Crippen molar-refractivity contribution in [3.05, 3.63) is 0 Å². The van der Waals surface area contributed by atoms with E-state index < -0.39 is 0 Å². The Morgan fingerprint density at radius 1 is 1.47 bits per heavy atom. The first kappa shape index (κ1) is 14.6. The summed E-state index contributed by atoms with van der Waals surface area (Å²) in [5.41, 5.74) is 0. The lowest BCUT2D eigenvalue weighted by molar-refractivity contribution is -0.113. The zero-order valence-corrected chi connectivity index (χ0v) is 11.5. The summed E-state index contributed by atoms with van der Waals surface area (Å²) in [6.45, 7) is 6.27. The molecule has 1 saturated heterocycles. The molecular formula is C13H27N3O. The number of likely N-dealkylation sites (N-methyl/N-ethyl adjacent to an activating group) is 1. The Bertz CT molecular complexity index is 215. The zero-order valence-electron chi connectivity index (χ0n) is 11.5. The minimum Gasteiger partial charge on any atom is -0.318 e. The van der Waals surface area contributed by atoms with Crippen molar-refractivity contribution in [2.75, 3.05) is 40.3 Å². The van der Waals surface area contributed by atoms with Gasteiger partial charge in [-0.25, -0.2) is 0 Å². The highest BCUT2D eigenvalue weighted by molar-refractivity contribution is 5.58. The molecule has 1 fully saturated rings. The molecule has 1 rings (SSSR count). The van der Waals surface area contributed by atoms with Gasteiger partial charge in [-0.2, -0.15) is 0 Å². The highest BCUT2D eigenvalue weighted by Gasteiger charge is 2.27. The van der Waals surface area contributed by atoms with Gasteiger partial charge in [0.1, 0.15) is 6.29 Å². The third kappa shape index (κ3) is 4.37. The highest BCUT2D eigenvalue weighted by Crippen LogP contribution is 2.17. The molecule has 0 aromatic heterocycles. The fourth-order valence-electron chi connectivity index (χ4n) is 2.66. The van der Waals surface area contributed by atoms with Crippen LogP contribution in [0.2, 0.25) is 0 Å². The molecule has 17 heavy (non-hydrogen) atoms. The zero-order chi connectivity index (χ0) is 12.7. The third-order valence-corrected chi connectivity index (χ3v) is 3.64. The maximum absolute atomic E-state index is 11.2. The maximum Gasteiger partial charge on any atom is 0.138 e. The van der Waals surface area contributed by atoms with Gasteiger partial charge in [0.25, 0.3) is 0 Å². The van der Waals surface area contributed by atoms with Crippen molar-refractivity contribution in [3.8, 4) is 0 Å². The van der Waals surface area contributed by atoms with Crippen LogP contribution in [0.5, 0.6) is 0 Å². The average Bonchev–Trinajstić information content (AvgIpc) is 2.35. The molecule has 1 aliphatic rings. The van der Waals surface area contributed by atoms with E-state index in [1.165, 1.54) is 12.8 Å². The van der Waals surface area contributed by atoms with Crippen LogP contribution in [0, 0.1) is 0 Å². The van der Waals surface area contributed by atoms with Crippen molar-refractivity contribution in [1.29, 1.82) is 0 Å². The van der Waals surface area contributed by atoms with Crippen LogP contribution in [0.1, 0.15) is 26.2 Å². The van der Waals surface area contributed by atoms with Gasteiger partial charge in [-0.3, -0.25) is 4.90 Å². The van der Waals surface area contributed by atoms with Crippen LogP contribution < -0.4 is 5.32 Å². The monoisotopic (exact) mass is 241 g/mol. The van der Waals surface area contributed by atoms with Crippen molar-refractivity contribution < 1.29 is 4.79 Å². The molecule has 1 heterocycles. The van der Waals surface area contributed by atoms with Gasteiger partial charge in [-0.1, -0.05) is 6.92 Å². The molecule has 0 aromatic carbocycles. The molecule has 0 spiro atoms. The van der Waals surface area contributed by atoms with E-state index in [0.717, 1.165) is 38.9 Å². The van der Waals surface area contributed by atoms with Crippen LogP contribution in [0.4, 0.5) is 0 Å². The SMILES string of the molecule is CCCN(C(C=O)CNC)C1CCN(C)CC1. The van der Waals surface area contributed by atoms with Gasteiger partial charge in [0.15, 0.2) is 0 Å². The number of carbonyl (C=O) groups excluding carboxylic acids is 1. The van der Waals surface area contributed by atoms with Gasteiger partial charge in [0, 0.05) is 12.6 Å². The number of carbonyl (C=O) groups is 1. The molecule has 1 unspecified atom stereocenters. The molecule has 0 aromatic rings. The Kier molecular flexibility index (Phi) is 6.70. The quantitative estimate of drug-likeness (QED) is 0.661. The second-order valence-corrected chi connectivity index (χ2v) is 5.03. The van der Waals surface area contributed by atoms with Crippen molar-refractivity contribution in [3.63, 3.8) is 0 Å². The summed E-state index contributed by atoms with van der Waals surface area (Å²) in [5.74, 6) is 0. The Labute approximate surface area is 105 Å². The summed E-state index contributed by atoms with van der Waals surface area (Å²) in [7, 11) is 4.08. The minimum atomic E-state index is 0.0355. The smallest absolute Gasteiger partial charge is 0.138 e. The largest absolute Gasteiger partial charge is 0.318 e. The van der Waals surface area contributed by atoms with Crippen molar-refractivity contribution >= 4 is 6.29 Å². The predicted molar refractivity (Wildman–Crippen MR) is 71.3 cm³/mol. The number of aldehydes is 1. The van der Waals surface area contributed by atoms with Gasteiger partial charge in [-0.05, 0) is 53.0 Å². The second kappa shape index (κ2) is 7.80. The van der Waals surface area contributed by atoms with Gasteiger partial charge in [-0.15, -0.1) is 0 Å². The summed E-state index contributed by atoms with van der Waals surface area (Å²) < 4.78 is 0. The Hall–Kier alpha value is -0.450. The molecule has 100 valence electrons. The highest BCUT2D eigenvalue weighted by atomic mass is 16.1. The first-order chi connectivity index (χ1) is 8.22. The van der Waals surface area contributed by atoms with Crippen molar-refractivity contribution in [2.24, 2.45) is 0 Å². The number of nitrogens with one attached hydrogen (secondary N) is 1. The fraction of sp³-hybridized carbons (Fsp3) is 0.923. The topological polar surface area (TPSA) is 35.6 Å². The lowest BCUT2D eigenvalue weighted by Crippen LogP contribution is -2.52. The molecule has 1 N–H and O–H groups in total. The molecular weight excluding hydrogens is 214 g/mol. The van der Waals surface area contributed by atoms with Crippen molar-refractivity contribution in [1.82, 2.24) is 15.1 Å². The molecule has 1 aliphatic heterocycles. The average molecular weight is 241 g/mol. The molecule has 0 saturated carbocycles. The van der Waals surface area contributed by atoms with E-state index in [2.05, 4.69) is 29.1 Å². The van der Waals surface area contributed by atoms with Gasteiger partial charge in [0.2, 0.25) is 0 Å². The third-order valence-electron chi connectivity index (χ3n) is 3.64.